The normalized spacial score (nSPS) is 10.8. The van der Waals surface area contributed by atoms with Gasteiger partial charge in [0.1, 0.15) is 0 Å². The Morgan fingerprint density at radius 2 is 1.18 bits per heavy atom. The monoisotopic (exact) mass is 423 g/mol. The van der Waals surface area contributed by atoms with Crippen molar-refractivity contribution in [2.75, 3.05) is 0 Å². The minimum atomic E-state index is -0.0504. The standard InChI is InChI=1S/C30H21N3/c1-3-17-32-20-26(24-9-5-7-11-28(24)32)30(23-15-13-22(19-31)14-16-23)27-21-33(18-4-2)29-12-8-6-10-25(27)29/h1-2,5-16,20-21,30H,17-18H2. The second-order valence-corrected chi connectivity index (χ2v) is 8.03. The molecular weight excluding hydrogens is 402 g/mol. The topological polar surface area (TPSA) is 33.6 Å². The van der Waals surface area contributed by atoms with E-state index in [1.54, 1.807) is 0 Å². The van der Waals surface area contributed by atoms with Crippen molar-refractivity contribution in [1.29, 1.82) is 5.26 Å². The van der Waals surface area contributed by atoms with Gasteiger partial charge in [-0.15, -0.1) is 12.8 Å². The molecule has 5 rings (SSSR count). The number of nitrogens with zero attached hydrogens (tertiary/aromatic N) is 3. The Balaban J connectivity index is 1.83. The third kappa shape index (κ3) is 3.45. The van der Waals surface area contributed by atoms with E-state index in [4.69, 9.17) is 12.8 Å². The first kappa shape index (κ1) is 20.3. The Morgan fingerprint density at radius 1 is 0.697 bits per heavy atom. The van der Waals surface area contributed by atoms with Gasteiger partial charge in [-0.2, -0.15) is 5.26 Å². The molecule has 2 aromatic heterocycles. The molecule has 0 bridgehead atoms. The molecule has 0 radical (unpaired) electrons. The first-order chi connectivity index (χ1) is 16.2. The molecule has 0 spiro atoms. The minimum Gasteiger partial charge on any atom is -0.336 e. The largest absolute Gasteiger partial charge is 0.336 e. The maximum absolute atomic E-state index is 9.31. The Labute approximate surface area is 193 Å². The first-order valence-electron chi connectivity index (χ1n) is 10.8. The molecule has 0 saturated heterocycles. The second-order valence-electron chi connectivity index (χ2n) is 8.03. The molecule has 0 N–H and O–H groups in total. The number of benzene rings is 3. The minimum absolute atomic E-state index is 0.0504. The lowest BCUT2D eigenvalue weighted by atomic mass is 9.84. The van der Waals surface area contributed by atoms with Gasteiger partial charge in [0.15, 0.2) is 0 Å². The molecule has 0 unspecified atom stereocenters. The van der Waals surface area contributed by atoms with Gasteiger partial charge < -0.3 is 9.13 Å². The molecule has 0 fully saturated rings. The smallest absolute Gasteiger partial charge is 0.0991 e. The SMILES string of the molecule is C#CCn1cc(C(c2ccc(C#N)cc2)c2cn(CC#C)c3ccccc23)c2ccccc21. The highest BCUT2D eigenvalue weighted by Gasteiger charge is 2.25. The number of terminal acetylenes is 2. The summed E-state index contributed by atoms with van der Waals surface area (Å²) in [5.74, 6) is 5.50. The van der Waals surface area contributed by atoms with Gasteiger partial charge in [-0.3, -0.25) is 0 Å². The fourth-order valence-electron chi connectivity index (χ4n) is 4.75. The summed E-state index contributed by atoms with van der Waals surface area (Å²) in [6, 6.07) is 26.8. The fourth-order valence-corrected chi connectivity index (χ4v) is 4.75. The Kier molecular flexibility index (Phi) is 5.20. The summed E-state index contributed by atoms with van der Waals surface area (Å²) >= 11 is 0. The van der Waals surface area contributed by atoms with E-state index in [2.05, 4.69) is 75.8 Å². The Morgan fingerprint density at radius 3 is 1.64 bits per heavy atom. The summed E-state index contributed by atoms with van der Waals surface area (Å²) in [5.41, 5.74) is 6.32. The second kappa shape index (κ2) is 8.47. The van der Waals surface area contributed by atoms with Crippen LogP contribution in [0, 0.1) is 36.0 Å². The summed E-state index contributed by atoms with van der Waals surface area (Å²) in [6.07, 6.45) is 15.7. The molecule has 0 saturated carbocycles. The van der Waals surface area contributed by atoms with Gasteiger partial charge in [0.05, 0.1) is 24.7 Å². The molecule has 2 heterocycles. The van der Waals surface area contributed by atoms with Crippen molar-refractivity contribution in [3.05, 3.63) is 107 Å². The van der Waals surface area contributed by atoms with Gasteiger partial charge >= 0.3 is 0 Å². The summed E-state index contributed by atoms with van der Waals surface area (Å²) in [5, 5.41) is 11.6. The predicted molar refractivity (Wildman–Crippen MR) is 134 cm³/mol. The third-order valence-corrected chi connectivity index (χ3v) is 6.16. The molecule has 0 aliphatic rings. The van der Waals surface area contributed by atoms with Gasteiger partial charge in [-0.25, -0.2) is 0 Å². The molecule has 3 heteroatoms. The van der Waals surface area contributed by atoms with Crippen molar-refractivity contribution in [3.8, 4) is 30.8 Å². The molecule has 0 aliphatic carbocycles. The van der Waals surface area contributed by atoms with Gasteiger partial charge in [-0.1, -0.05) is 60.4 Å². The van der Waals surface area contributed by atoms with E-state index in [1.807, 2.05) is 36.4 Å². The van der Waals surface area contributed by atoms with Gasteiger partial charge in [-0.05, 0) is 41.0 Å². The number of para-hydroxylation sites is 2. The van der Waals surface area contributed by atoms with E-state index in [1.165, 1.54) is 11.1 Å². The highest BCUT2D eigenvalue weighted by Crippen LogP contribution is 2.41. The average molecular weight is 424 g/mol. The predicted octanol–water partition coefficient (Wildman–Crippen LogP) is 5.91. The summed E-state index contributed by atoms with van der Waals surface area (Å²) in [4.78, 5) is 0. The maximum Gasteiger partial charge on any atom is 0.0991 e. The van der Waals surface area contributed by atoms with Crippen LogP contribution < -0.4 is 0 Å². The first-order valence-corrected chi connectivity index (χ1v) is 10.8. The molecule has 3 aromatic carbocycles. The van der Waals surface area contributed by atoms with Crippen LogP contribution in [0.1, 0.15) is 28.2 Å². The number of rotatable bonds is 5. The number of aromatic nitrogens is 2. The molecule has 0 amide bonds. The van der Waals surface area contributed by atoms with Crippen LogP contribution in [-0.4, -0.2) is 9.13 Å². The van der Waals surface area contributed by atoms with E-state index in [0.717, 1.165) is 27.4 Å². The summed E-state index contributed by atoms with van der Waals surface area (Å²) in [6.45, 7) is 0.999. The van der Waals surface area contributed by atoms with Crippen molar-refractivity contribution in [2.45, 2.75) is 19.0 Å². The lowest BCUT2D eigenvalue weighted by molar-refractivity contribution is 0.856. The Hall–Kier alpha value is -4.65. The number of hydrogen-bond acceptors (Lipinski definition) is 1. The molecule has 156 valence electrons. The van der Waals surface area contributed by atoms with E-state index >= 15 is 0 Å². The highest BCUT2D eigenvalue weighted by molar-refractivity contribution is 5.90. The van der Waals surface area contributed by atoms with Crippen molar-refractivity contribution >= 4 is 21.8 Å². The zero-order chi connectivity index (χ0) is 22.8. The van der Waals surface area contributed by atoms with Crippen LogP contribution in [0.3, 0.4) is 0 Å². The van der Waals surface area contributed by atoms with Crippen LogP contribution in [0.2, 0.25) is 0 Å². The quantitative estimate of drug-likeness (QED) is 0.323. The fraction of sp³-hybridized carbons (Fsp3) is 0.100. The van der Waals surface area contributed by atoms with E-state index in [0.29, 0.717) is 18.7 Å². The molecule has 33 heavy (non-hydrogen) atoms. The van der Waals surface area contributed by atoms with Crippen LogP contribution in [-0.2, 0) is 13.1 Å². The van der Waals surface area contributed by atoms with Crippen LogP contribution >= 0.6 is 0 Å². The van der Waals surface area contributed by atoms with Gasteiger partial charge in [0.2, 0.25) is 0 Å². The molecule has 0 atom stereocenters. The zero-order valence-corrected chi connectivity index (χ0v) is 18.1. The van der Waals surface area contributed by atoms with Gasteiger partial charge in [0, 0.05) is 40.1 Å². The average Bonchev–Trinajstić information content (AvgIpc) is 3.40. The third-order valence-electron chi connectivity index (χ3n) is 6.16. The van der Waals surface area contributed by atoms with Crippen molar-refractivity contribution in [1.82, 2.24) is 9.13 Å². The van der Waals surface area contributed by atoms with E-state index < -0.39 is 0 Å². The summed E-state index contributed by atoms with van der Waals surface area (Å²) in [7, 11) is 0. The lowest BCUT2D eigenvalue weighted by Gasteiger charge is -2.17. The van der Waals surface area contributed by atoms with Crippen LogP contribution in [0.15, 0.2) is 85.2 Å². The highest BCUT2D eigenvalue weighted by atomic mass is 15.0. The molecule has 5 aromatic rings. The summed E-state index contributed by atoms with van der Waals surface area (Å²) < 4.78 is 4.25. The van der Waals surface area contributed by atoms with E-state index in [-0.39, 0.29) is 5.92 Å². The van der Waals surface area contributed by atoms with Crippen LogP contribution in [0.4, 0.5) is 0 Å². The van der Waals surface area contributed by atoms with Gasteiger partial charge in [0.25, 0.3) is 0 Å². The zero-order valence-electron chi connectivity index (χ0n) is 18.1. The van der Waals surface area contributed by atoms with Crippen molar-refractivity contribution in [3.63, 3.8) is 0 Å². The van der Waals surface area contributed by atoms with Crippen LogP contribution in [0.25, 0.3) is 21.8 Å². The van der Waals surface area contributed by atoms with Crippen molar-refractivity contribution < 1.29 is 0 Å². The number of nitriles is 1. The van der Waals surface area contributed by atoms with E-state index in [9.17, 15) is 5.26 Å². The lowest BCUT2D eigenvalue weighted by Crippen LogP contribution is -2.03. The number of fused-ring (bicyclic) bond motifs is 2. The molecule has 3 nitrogen and oxygen atoms in total. The maximum atomic E-state index is 9.31. The molecular formula is C30H21N3. The number of hydrogen-bond donors (Lipinski definition) is 0. The van der Waals surface area contributed by atoms with Crippen molar-refractivity contribution in [2.24, 2.45) is 0 Å². The molecule has 0 aliphatic heterocycles. The Bertz CT molecular complexity index is 1500. The van der Waals surface area contributed by atoms with Crippen LogP contribution in [0.5, 0.6) is 0 Å².